The molecule has 0 saturated heterocycles. The number of hydrogen-bond donors (Lipinski definition) is 0. The molecule has 0 radical (unpaired) electrons. The second kappa shape index (κ2) is 7.12. The third-order valence-corrected chi connectivity index (χ3v) is 4.88. The first-order chi connectivity index (χ1) is 12.0. The van der Waals surface area contributed by atoms with Crippen LogP contribution in [0.3, 0.4) is 0 Å². The highest BCUT2D eigenvalue weighted by atomic mass is 79.9. The van der Waals surface area contributed by atoms with Crippen molar-refractivity contribution in [1.82, 2.24) is 0 Å². The zero-order valence-electron chi connectivity index (χ0n) is 14.2. The normalized spacial score (nSPS) is 13.4. The molecule has 0 bridgehead atoms. The maximum absolute atomic E-state index is 12.8. The van der Waals surface area contributed by atoms with E-state index in [1.807, 2.05) is 61.5 Å². The second-order valence-electron chi connectivity index (χ2n) is 6.11. The number of nitrogens with zero attached hydrogens (tertiary/aromatic N) is 3. The van der Waals surface area contributed by atoms with Gasteiger partial charge in [0.1, 0.15) is 11.6 Å². The predicted molar refractivity (Wildman–Crippen MR) is 105 cm³/mol. The molecule has 0 fully saturated rings. The SMILES string of the molecule is CN(C)c1ccc(/C=C(\C#N)C(=O)N2CCc3ccccc32)cc1Br. The molecule has 1 amide bonds. The van der Waals surface area contributed by atoms with Crippen LogP contribution in [0.5, 0.6) is 0 Å². The zero-order chi connectivity index (χ0) is 18.0. The van der Waals surface area contributed by atoms with Gasteiger partial charge in [-0.1, -0.05) is 24.3 Å². The van der Waals surface area contributed by atoms with Gasteiger partial charge in [0.05, 0.1) is 5.69 Å². The Morgan fingerprint density at radius 1 is 1.28 bits per heavy atom. The van der Waals surface area contributed by atoms with Crippen molar-refractivity contribution in [2.24, 2.45) is 0 Å². The van der Waals surface area contributed by atoms with Gasteiger partial charge in [0.2, 0.25) is 0 Å². The van der Waals surface area contributed by atoms with E-state index in [2.05, 4.69) is 22.0 Å². The number of fused-ring (bicyclic) bond motifs is 1. The molecule has 0 atom stereocenters. The molecule has 0 spiro atoms. The summed E-state index contributed by atoms with van der Waals surface area (Å²) in [6, 6.07) is 15.7. The Labute approximate surface area is 156 Å². The van der Waals surface area contributed by atoms with E-state index in [1.54, 1.807) is 11.0 Å². The maximum Gasteiger partial charge on any atom is 0.268 e. The van der Waals surface area contributed by atoms with Crippen molar-refractivity contribution in [2.45, 2.75) is 6.42 Å². The minimum Gasteiger partial charge on any atom is -0.377 e. The lowest BCUT2D eigenvalue weighted by Crippen LogP contribution is -2.29. The van der Waals surface area contributed by atoms with Gasteiger partial charge in [0.25, 0.3) is 5.91 Å². The van der Waals surface area contributed by atoms with Gasteiger partial charge in [-0.3, -0.25) is 4.79 Å². The Kier molecular flexibility index (Phi) is 4.91. The minimum atomic E-state index is -0.250. The number of carbonyl (C=O) groups is 1. The van der Waals surface area contributed by atoms with Gasteiger partial charge in [-0.05, 0) is 57.8 Å². The molecule has 4 nitrogen and oxygen atoms in total. The van der Waals surface area contributed by atoms with Crippen LogP contribution in [0.1, 0.15) is 11.1 Å². The number of anilines is 2. The summed E-state index contributed by atoms with van der Waals surface area (Å²) in [5.41, 5.74) is 4.04. The molecule has 0 aromatic heterocycles. The first kappa shape index (κ1) is 17.2. The highest BCUT2D eigenvalue weighted by molar-refractivity contribution is 9.10. The van der Waals surface area contributed by atoms with E-state index in [4.69, 9.17) is 0 Å². The van der Waals surface area contributed by atoms with E-state index >= 15 is 0 Å². The molecule has 0 unspecified atom stereocenters. The predicted octanol–water partition coefficient (Wildman–Crippen LogP) is 4.01. The molecule has 1 heterocycles. The average molecular weight is 396 g/mol. The fraction of sp³-hybridized carbons (Fsp3) is 0.200. The van der Waals surface area contributed by atoms with Gasteiger partial charge in [-0.25, -0.2) is 0 Å². The van der Waals surface area contributed by atoms with Crippen LogP contribution in [0.25, 0.3) is 6.08 Å². The molecule has 1 aliphatic heterocycles. The molecular formula is C20H18BrN3O. The molecule has 0 saturated carbocycles. The lowest BCUT2D eigenvalue weighted by atomic mass is 10.1. The smallest absolute Gasteiger partial charge is 0.268 e. The first-order valence-corrected chi connectivity index (χ1v) is 8.79. The molecule has 1 aliphatic rings. The topological polar surface area (TPSA) is 47.3 Å². The van der Waals surface area contributed by atoms with Gasteiger partial charge >= 0.3 is 0 Å². The maximum atomic E-state index is 12.8. The number of halogens is 1. The van der Waals surface area contributed by atoms with E-state index in [9.17, 15) is 10.1 Å². The van der Waals surface area contributed by atoms with Crippen LogP contribution in [0.4, 0.5) is 11.4 Å². The third-order valence-electron chi connectivity index (χ3n) is 4.25. The third kappa shape index (κ3) is 3.45. The van der Waals surface area contributed by atoms with Crippen LogP contribution >= 0.6 is 15.9 Å². The molecule has 2 aromatic carbocycles. The van der Waals surface area contributed by atoms with Crippen molar-refractivity contribution in [3.63, 3.8) is 0 Å². The molecule has 3 rings (SSSR count). The van der Waals surface area contributed by atoms with Crippen molar-refractivity contribution < 1.29 is 4.79 Å². The largest absolute Gasteiger partial charge is 0.377 e. The van der Waals surface area contributed by atoms with E-state index in [1.165, 1.54) is 0 Å². The van der Waals surface area contributed by atoms with Gasteiger partial charge in [0.15, 0.2) is 0 Å². The van der Waals surface area contributed by atoms with Crippen molar-refractivity contribution >= 4 is 39.3 Å². The Morgan fingerprint density at radius 2 is 2.04 bits per heavy atom. The summed E-state index contributed by atoms with van der Waals surface area (Å²) >= 11 is 3.54. The number of rotatable bonds is 3. The Morgan fingerprint density at radius 3 is 2.72 bits per heavy atom. The highest BCUT2D eigenvalue weighted by Crippen LogP contribution is 2.30. The zero-order valence-corrected chi connectivity index (χ0v) is 15.7. The van der Waals surface area contributed by atoms with Gasteiger partial charge in [0, 0.05) is 30.8 Å². The number of para-hydroxylation sites is 1. The van der Waals surface area contributed by atoms with Crippen LogP contribution in [-0.2, 0) is 11.2 Å². The number of carbonyl (C=O) groups excluding carboxylic acids is 1. The van der Waals surface area contributed by atoms with Gasteiger partial charge < -0.3 is 9.80 Å². The van der Waals surface area contributed by atoms with Crippen molar-refractivity contribution in [1.29, 1.82) is 5.26 Å². The van der Waals surface area contributed by atoms with Crippen LogP contribution in [0.15, 0.2) is 52.5 Å². The van der Waals surface area contributed by atoms with Crippen molar-refractivity contribution in [3.05, 3.63) is 63.6 Å². The van der Waals surface area contributed by atoms with Gasteiger partial charge in [-0.2, -0.15) is 5.26 Å². The van der Waals surface area contributed by atoms with E-state index in [-0.39, 0.29) is 11.5 Å². The van der Waals surface area contributed by atoms with Crippen molar-refractivity contribution in [2.75, 3.05) is 30.4 Å². The van der Waals surface area contributed by atoms with E-state index in [0.717, 1.165) is 33.4 Å². The van der Waals surface area contributed by atoms with Crippen LogP contribution in [0, 0.1) is 11.3 Å². The summed E-state index contributed by atoms with van der Waals surface area (Å²) in [6.45, 7) is 0.612. The molecule has 126 valence electrons. The van der Waals surface area contributed by atoms with Crippen LogP contribution in [0.2, 0.25) is 0 Å². The molecule has 2 aromatic rings. The number of hydrogen-bond acceptors (Lipinski definition) is 3. The summed E-state index contributed by atoms with van der Waals surface area (Å²) in [5.74, 6) is -0.250. The van der Waals surface area contributed by atoms with Gasteiger partial charge in [-0.15, -0.1) is 0 Å². The molecular weight excluding hydrogens is 378 g/mol. The van der Waals surface area contributed by atoms with Crippen LogP contribution < -0.4 is 9.80 Å². The van der Waals surface area contributed by atoms with Crippen molar-refractivity contribution in [3.8, 4) is 6.07 Å². The Bertz CT molecular complexity index is 896. The monoisotopic (exact) mass is 395 g/mol. The first-order valence-electron chi connectivity index (χ1n) is 7.99. The summed E-state index contributed by atoms with van der Waals surface area (Å²) in [6.07, 6.45) is 2.47. The molecule has 0 aliphatic carbocycles. The molecule has 25 heavy (non-hydrogen) atoms. The summed E-state index contributed by atoms with van der Waals surface area (Å²) in [7, 11) is 3.93. The Hall–Kier alpha value is -2.58. The lowest BCUT2D eigenvalue weighted by Gasteiger charge is -2.17. The summed E-state index contributed by atoms with van der Waals surface area (Å²) in [5, 5.41) is 9.49. The second-order valence-corrected chi connectivity index (χ2v) is 6.96. The van der Waals surface area contributed by atoms with E-state index in [0.29, 0.717) is 6.54 Å². The fourth-order valence-corrected chi connectivity index (χ4v) is 3.73. The average Bonchev–Trinajstić information content (AvgIpc) is 3.03. The number of amides is 1. The summed E-state index contributed by atoms with van der Waals surface area (Å²) < 4.78 is 0.919. The number of benzene rings is 2. The quantitative estimate of drug-likeness (QED) is 0.582. The Balaban J connectivity index is 1.90. The minimum absolute atomic E-state index is 0.140. The standard InChI is InChI=1S/C20H18BrN3O/c1-23(2)19-8-7-14(12-17(19)21)11-16(13-22)20(25)24-10-9-15-5-3-4-6-18(15)24/h3-8,11-12H,9-10H2,1-2H3/b16-11+. The summed E-state index contributed by atoms with van der Waals surface area (Å²) in [4.78, 5) is 16.5. The number of nitriles is 1. The highest BCUT2D eigenvalue weighted by Gasteiger charge is 2.26. The lowest BCUT2D eigenvalue weighted by molar-refractivity contribution is -0.114. The van der Waals surface area contributed by atoms with Crippen LogP contribution in [-0.4, -0.2) is 26.5 Å². The molecule has 0 N–H and O–H groups in total. The fourth-order valence-electron chi connectivity index (χ4n) is 2.98. The van der Waals surface area contributed by atoms with E-state index < -0.39 is 0 Å². The molecule has 5 heteroatoms.